The number of carbonyl (C=O) groups is 1. The maximum Gasteiger partial charge on any atom is 0.278 e. The van der Waals surface area contributed by atoms with Crippen molar-refractivity contribution in [2.24, 2.45) is 11.3 Å². The number of nitrogens with one attached hydrogen (secondary N) is 1. The van der Waals surface area contributed by atoms with Crippen LogP contribution in [0.4, 0.5) is 5.00 Å². The van der Waals surface area contributed by atoms with E-state index in [-0.39, 0.29) is 11.3 Å². The van der Waals surface area contributed by atoms with Gasteiger partial charge in [0, 0.05) is 16.9 Å². The number of aryl methyl sites for hydroxylation is 2. The number of nitrogens with zero attached hydrogens (tertiary/aromatic N) is 2. The number of amides is 1. The number of carbonyl (C=O) groups excluding carboxylic acids is 1. The molecule has 3 rings (SSSR count). The first kappa shape index (κ1) is 18.7. The molecule has 0 aromatic carbocycles. The minimum atomic E-state index is -0.287. The first-order chi connectivity index (χ1) is 12.3. The number of aromatic nitrogens is 1. The second-order valence-corrected chi connectivity index (χ2v) is 9.22. The van der Waals surface area contributed by atoms with Crippen molar-refractivity contribution in [3.8, 4) is 6.07 Å². The Balaban J connectivity index is 1.88. The summed E-state index contributed by atoms with van der Waals surface area (Å²) in [4.78, 5) is 13.9. The van der Waals surface area contributed by atoms with E-state index < -0.39 is 0 Å². The van der Waals surface area contributed by atoms with E-state index in [1.807, 2.05) is 13.8 Å². The molecule has 0 saturated carbocycles. The Morgan fingerprint density at radius 3 is 2.81 bits per heavy atom. The average molecular weight is 372 g/mol. The Kier molecular flexibility index (Phi) is 4.94. The smallest absolute Gasteiger partial charge is 0.278 e. The highest BCUT2D eigenvalue weighted by atomic mass is 32.1. The number of thiophene rings is 1. The molecule has 26 heavy (non-hydrogen) atoms. The van der Waals surface area contributed by atoms with Gasteiger partial charge in [0.1, 0.15) is 16.8 Å². The molecule has 1 aliphatic rings. The van der Waals surface area contributed by atoms with Gasteiger partial charge in [0.05, 0.1) is 5.56 Å². The minimum Gasteiger partial charge on any atom is -0.360 e. The van der Waals surface area contributed by atoms with Crippen LogP contribution in [0.3, 0.4) is 0 Å². The zero-order valence-corrected chi connectivity index (χ0v) is 16.8. The van der Waals surface area contributed by atoms with Crippen molar-refractivity contribution in [3.63, 3.8) is 0 Å². The molecule has 138 valence electrons. The maximum absolute atomic E-state index is 12.8. The van der Waals surface area contributed by atoms with E-state index in [2.05, 4.69) is 37.3 Å². The summed E-state index contributed by atoms with van der Waals surface area (Å²) < 4.78 is 5.44. The molecule has 0 spiro atoms. The van der Waals surface area contributed by atoms with Gasteiger partial charge in [-0.05, 0) is 43.1 Å². The van der Waals surface area contributed by atoms with Crippen LogP contribution in [0, 0.1) is 29.6 Å². The third-order valence-corrected chi connectivity index (χ3v) is 6.44. The number of rotatable bonds is 3. The molecule has 0 fully saturated rings. The summed E-state index contributed by atoms with van der Waals surface area (Å²) in [7, 11) is 0. The van der Waals surface area contributed by atoms with Crippen molar-refractivity contribution in [3.05, 3.63) is 33.0 Å². The van der Waals surface area contributed by atoms with E-state index in [0.717, 1.165) is 47.4 Å². The van der Waals surface area contributed by atoms with Crippen LogP contribution >= 0.6 is 11.3 Å². The number of nitriles is 1. The zero-order chi connectivity index (χ0) is 19.1. The normalized spacial score (nSPS) is 16.8. The summed E-state index contributed by atoms with van der Waals surface area (Å²) in [6, 6.07) is 2.23. The molecule has 2 aromatic rings. The first-order valence-electron chi connectivity index (χ1n) is 9.07. The van der Waals surface area contributed by atoms with Gasteiger partial charge in [-0.3, -0.25) is 4.79 Å². The number of fused-ring (bicyclic) bond motifs is 1. The lowest BCUT2D eigenvalue weighted by Gasteiger charge is -2.33. The molecule has 0 aliphatic heterocycles. The van der Waals surface area contributed by atoms with Crippen LogP contribution in [-0.2, 0) is 19.3 Å². The fourth-order valence-electron chi connectivity index (χ4n) is 3.69. The third kappa shape index (κ3) is 3.28. The summed E-state index contributed by atoms with van der Waals surface area (Å²) in [5, 5.41) is 17.0. The number of anilines is 1. The lowest BCUT2D eigenvalue weighted by Crippen LogP contribution is -2.27. The summed E-state index contributed by atoms with van der Waals surface area (Å²) in [6.45, 7) is 10.7. The molecule has 1 amide bonds. The van der Waals surface area contributed by atoms with E-state index >= 15 is 0 Å². The summed E-state index contributed by atoms with van der Waals surface area (Å²) in [5.41, 5.74) is 3.03. The van der Waals surface area contributed by atoms with Gasteiger partial charge in [0.25, 0.3) is 5.91 Å². The highest BCUT2D eigenvalue weighted by molar-refractivity contribution is 7.16. The van der Waals surface area contributed by atoms with Crippen molar-refractivity contribution in [2.75, 3.05) is 5.32 Å². The van der Waals surface area contributed by atoms with Crippen molar-refractivity contribution in [1.29, 1.82) is 5.26 Å². The predicted molar refractivity (Wildman–Crippen MR) is 103 cm³/mol. The molecule has 2 heterocycles. The maximum atomic E-state index is 12.8. The quantitative estimate of drug-likeness (QED) is 0.834. The lowest BCUT2D eigenvalue weighted by atomic mass is 9.71. The van der Waals surface area contributed by atoms with Crippen molar-refractivity contribution >= 4 is 22.2 Å². The summed E-state index contributed by atoms with van der Waals surface area (Å²) in [6.07, 6.45) is 3.45. The van der Waals surface area contributed by atoms with Crippen LogP contribution in [-0.4, -0.2) is 11.1 Å². The van der Waals surface area contributed by atoms with Crippen molar-refractivity contribution in [1.82, 2.24) is 5.16 Å². The van der Waals surface area contributed by atoms with Crippen molar-refractivity contribution in [2.45, 2.75) is 60.3 Å². The summed E-state index contributed by atoms with van der Waals surface area (Å²) in [5.74, 6) is 1.03. The van der Waals surface area contributed by atoms with Crippen LogP contribution in [0.2, 0.25) is 0 Å². The van der Waals surface area contributed by atoms with Crippen LogP contribution < -0.4 is 5.32 Å². The van der Waals surface area contributed by atoms with E-state index in [4.69, 9.17) is 4.52 Å². The lowest BCUT2D eigenvalue weighted by molar-refractivity contribution is 0.101. The first-order valence-corrected chi connectivity index (χ1v) is 9.89. The third-order valence-electron chi connectivity index (χ3n) is 5.38. The van der Waals surface area contributed by atoms with E-state index in [1.165, 1.54) is 11.3 Å². The summed E-state index contributed by atoms with van der Waals surface area (Å²) >= 11 is 1.45. The molecule has 0 saturated heterocycles. The number of hydrogen-bond donors (Lipinski definition) is 1. The molecule has 1 atom stereocenters. The molecule has 0 bridgehead atoms. The van der Waals surface area contributed by atoms with Crippen LogP contribution in [0.25, 0.3) is 0 Å². The van der Waals surface area contributed by atoms with E-state index in [1.54, 1.807) is 0 Å². The zero-order valence-electron chi connectivity index (χ0n) is 16.0. The SMILES string of the molecule is CCc1c(C)sc(NC(=O)c2noc3c2CC(C(C)(C)C)CC3)c1C#N. The highest BCUT2D eigenvalue weighted by Crippen LogP contribution is 2.39. The topological polar surface area (TPSA) is 78.9 Å². The molecule has 1 aliphatic carbocycles. The molecule has 2 aromatic heterocycles. The average Bonchev–Trinajstić information content (AvgIpc) is 3.13. The van der Waals surface area contributed by atoms with Crippen molar-refractivity contribution < 1.29 is 9.32 Å². The van der Waals surface area contributed by atoms with Gasteiger partial charge in [-0.15, -0.1) is 11.3 Å². The van der Waals surface area contributed by atoms with Gasteiger partial charge < -0.3 is 9.84 Å². The monoisotopic (exact) mass is 371 g/mol. The van der Waals surface area contributed by atoms with Gasteiger partial charge in [-0.1, -0.05) is 32.9 Å². The van der Waals surface area contributed by atoms with Crippen LogP contribution in [0.1, 0.15) is 71.9 Å². The van der Waals surface area contributed by atoms with Gasteiger partial charge >= 0.3 is 0 Å². The second kappa shape index (κ2) is 6.88. The molecular formula is C20H25N3O2S. The van der Waals surface area contributed by atoms with Gasteiger partial charge in [0.15, 0.2) is 5.69 Å². The molecular weight excluding hydrogens is 346 g/mol. The molecule has 5 nitrogen and oxygen atoms in total. The van der Waals surface area contributed by atoms with Gasteiger partial charge in [0.2, 0.25) is 0 Å². The Morgan fingerprint density at radius 1 is 1.46 bits per heavy atom. The second-order valence-electron chi connectivity index (χ2n) is 8.00. The Bertz CT molecular complexity index is 880. The fourth-order valence-corrected chi connectivity index (χ4v) is 4.79. The van der Waals surface area contributed by atoms with Crippen LogP contribution in [0.15, 0.2) is 4.52 Å². The molecule has 0 radical (unpaired) electrons. The molecule has 6 heteroatoms. The van der Waals surface area contributed by atoms with Gasteiger partial charge in [-0.25, -0.2) is 0 Å². The fraction of sp³-hybridized carbons (Fsp3) is 0.550. The minimum absolute atomic E-state index is 0.178. The Labute approximate surface area is 158 Å². The Morgan fingerprint density at radius 2 is 2.19 bits per heavy atom. The molecule has 1 unspecified atom stereocenters. The Hall–Kier alpha value is -2.13. The van der Waals surface area contributed by atoms with Crippen LogP contribution in [0.5, 0.6) is 0 Å². The molecule has 1 N–H and O–H groups in total. The van der Waals surface area contributed by atoms with E-state index in [9.17, 15) is 10.1 Å². The van der Waals surface area contributed by atoms with Gasteiger partial charge in [-0.2, -0.15) is 5.26 Å². The largest absolute Gasteiger partial charge is 0.360 e. The standard InChI is InChI=1S/C20H25N3O2S/c1-6-13-11(2)26-19(15(13)10-21)22-18(24)17-14-9-12(20(3,4)5)7-8-16(14)25-23-17/h12H,6-9H2,1-5H3,(H,22,24). The predicted octanol–water partition coefficient (Wildman–Crippen LogP) is 4.88. The highest BCUT2D eigenvalue weighted by Gasteiger charge is 2.34. The number of hydrogen-bond acceptors (Lipinski definition) is 5. The van der Waals surface area contributed by atoms with E-state index in [0.29, 0.717) is 22.2 Å².